The van der Waals surface area contributed by atoms with Gasteiger partial charge in [0.2, 0.25) is 0 Å². The molecule has 0 N–H and O–H groups in total. The summed E-state index contributed by atoms with van der Waals surface area (Å²) in [5, 5.41) is 10.5. The maximum Gasteiger partial charge on any atom is 0.272 e. The second-order valence-corrected chi connectivity index (χ2v) is 2.61. The minimum absolute atomic E-state index is 0.126. The molecular weight excluding hydrogens is 189 g/mol. The Labute approximate surface area is 72.7 Å². The van der Waals surface area contributed by atoms with Crippen LogP contribution in [0.1, 0.15) is 0 Å². The summed E-state index contributed by atoms with van der Waals surface area (Å²) in [6.07, 6.45) is 0. The molecule has 3 nitrogen and oxygen atoms in total. The van der Waals surface area contributed by atoms with Gasteiger partial charge in [-0.3, -0.25) is 10.1 Å². The van der Waals surface area contributed by atoms with Crippen molar-refractivity contribution in [1.29, 1.82) is 0 Å². The molecule has 0 amide bonds. The number of rotatable bonds is 1. The van der Waals surface area contributed by atoms with Gasteiger partial charge in [-0.05, 0) is 0 Å². The predicted octanol–water partition coefficient (Wildman–Crippen LogP) is 2.70. The van der Waals surface area contributed by atoms with E-state index in [-0.39, 0.29) is 15.7 Å². The maximum atomic E-state index is 10.2. The van der Waals surface area contributed by atoms with E-state index in [1.54, 1.807) is 0 Å². The Balaban J connectivity index is 3.19. The zero-order valence-corrected chi connectivity index (χ0v) is 6.69. The van der Waals surface area contributed by atoms with Crippen molar-refractivity contribution in [3.05, 3.63) is 38.4 Å². The molecule has 1 rings (SSSR count). The lowest BCUT2D eigenvalue weighted by Gasteiger charge is -1.92. The molecule has 57 valence electrons. The first kappa shape index (κ1) is 8.30. The fraction of sp³-hybridized carbons (Fsp3) is 0. The smallest absolute Gasteiger partial charge is 0.258 e. The van der Waals surface area contributed by atoms with Crippen LogP contribution in [0.4, 0.5) is 5.69 Å². The Hall–Kier alpha value is -0.800. The summed E-state index contributed by atoms with van der Waals surface area (Å²) in [5.74, 6) is 0. The van der Waals surface area contributed by atoms with Crippen molar-refractivity contribution in [3.8, 4) is 0 Å². The average Bonchev–Trinajstić information content (AvgIpc) is 1.85. The molecule has 1 radical (unpaired) electrons. The molecule has 0 fully saturated rings. The molecule has 0 saturated heterocycles. The highest BCUT2D eigenvalue weighted by Crippen LogP contribution is 2.22. The quantitative estimate of drug-likeness (QED) is 0.505. The number of nitrogens with zero attached hydrogens (tertiary/aromatic N) is 1. The number of benzene rings is 1. The maximum absolute atomic E-state index is 10.2. The Kier molecular flexibility index (Phi) is 2.31. The summed E-state index contributed by atoms with van der Waals surface area (Å²) in [4.78, 5) is 9.62. The number of nitro benzene ring substituents is 1. The van der Waals surface area contributed by atoms with Crippen LogP contribution >= 0.6 is 23.2 Å². The summed E-state index contributed by atoms with van der Waals surface area (Å²) >= 11 is 10.9. The molecule has 0 aromatic heterocycles. The average molecular weight is 191 g/mol. The van der Waals surface area contributed by atoms with Crippen molar-refractivity contribution in [2.24, 2.45) is 0 Å². The van der Waals surface area contributed by atoms with Gasteiger partial charge in [0.05, 0.1) is 15.0 Å². The van der Waals surface area contributed by atoms with E-state index in [0.29, 0.717) is 0 Å². The van der Waals surface area contributed by atoms with Crippen LogP contribution in [0.15, 0.2) is 12.1 Å². The highest BCUT2D eigenvalue weighted by atomic mass is 35.5. The summed E-state index contributed by atoms with van der Waals surface area (Å²) in [6.45, 7) is 0. The van der Waals surface area contributed by atoms with Crippen molar-refractivity contribution < 1.29 is 4.92 Å². The molecule has 1 aromatic rings. The van der Waals surface area contributed by atoms with Gasteiger partial charge < -0.3 is 0 Å². The second kappa shape index (κ2) is 3.07. The Morgan fingerprint density at radius 3 is 2.18 bits per heavy atom. The van der Waals surface area contributed by atoms with Crippen molar-refractivity contribution in [3.63, 3.8) is 0 Å². The molecule has 1 aromatic carbocycles. The summed E-state index contributed by atoms with van der Waals surface area (Å²) in [5.41, 5.74) is -0.126. The van der Waals surface area contributed by atoms with Crippen LogP contribution in [0.2, 0.25) is 10.0 Å². The lowest BCUT2D eigenvalue weighted by atomic mass is 10.3. The van der Waals surface area contributed by atoms with Gasteiger partial charge in [-0.1, -0.05) is 23.2 Å². The molecule has 0 atom stereocenters. The molecule has 0 aliphatic carbocycles. The van der Waals surface area contributed by atoms with Crippen molar-refractivity contribution in [2.75, 3.05) is 0 Å². The van der Waals surface area contributed by atoms with Crippen molar-refractivity contribution >= 4 is 28.9 Å². The largest absolute Gasteiger partial charge is 0.272 e. The molecular formula is C6H2Cl2NO2. The highest BCUT2D eigenvalue weighted by Gasteiger charge is 2.07. The standard InChI is InChI=1S/C6H2Cl2NO2/c7-4-1-5(8)3-6(2-4)9(10)11/h2-3H. The van der Waals surface area contributed by atoms with Crippen molar-refractivity contribution in [1.82, 2.24) is 0 Å². The molecule has 11 heavy (non-hydrogen) atoms. The van der Waals surface area contributed by atoms with Crippen LogP contribution in [0.5, 0.6) is 0 Å². The molecule has 5 heteroatoms. The predicted molar refractivity (Wildman–Crippen MR) is 42.0 cm³/mol. The normalized spacial score (nSPS) is 9.64. The van der Waals surface area contributed by atoms with E-state index < -0.39 is 4.92 Å². The molecule has 0 saturated carbocycles. The first-order valence-electron chi connectivity index (χ1n) is 2.62. The summed E-state index contributed by atoms with van der Waals surface area (Å²) < 4.78 is 0. The van der Waals surface area contributed by atoms with Crippen molar-refractivity contribution in [2.45, 2.75) is 0 Å². The lowest BCUT2D eigenvalue weighted by molar-refractivity contribution is -0.384. The number of non-ortho nitro benzene ring substituents is 1. The van der Waals surface area contributed by atoms with Gasteiger partial charge in [-0.25, -0.2) is 0 Å². The Morgan fingerprint density at radius 1 is 1.36 bits per heavy atom. The van der Waals surface area contributed by atoms with Crippen LogP contribution in [-0.4, -0.2) is 4.92 Å². The van der Waals surface area contributed by atoms with Gasteiger partial charge in [0.25, 0.3) is 5.69 Å². The van der Waals surface area contributed by atoms with Gasteiger partial charge in [-0.2, -0.15) is 0 Å². The molecule has 0 spiro atoms. The first-order chi connectivity index (χ1) is 5.09. The highest BCUT2D eigenvalue weighted by molar-refractivity contribution is 6.34. The second-order valence-electron chi connectivity index (χ2n) is 1.79. The summed E-state index contributed by atoms with van der Waals surface area (Å²) in [7, 11) is 0. The zero-order valence-electron chi connectivity index (χ0n) is 5.17. The number of nitro groups is 1. The van der Waals surface area contributed by atoms with E-state index in [0.717, 1.165) is 0 Å². The minimum Gasteiger partial charge on any atom is -0.258 e. The molecule has 0 bridgehead atoms. The van der Waals surface area contributed by atoms with E-state index in [9.17, 15) is 10.1 Å². The Bertz CT molecular complexity index is 280. The van der Waals surface area contributed by atoms with Crippen LogP contribution < -0.4 is 0 Å². The number of hydrogen-bond acceptors (Lipinski definition) is 2. The summed E-state index contributed by atoms with van der Waals surface area (Å²) in [6, 6.07) is 4.87. The molecule has 0 heterocycles. The zero-order chi connectivity index (χ0) is 8.43. The lowest BCUT2D eigenvalue weighted by Crippen LogP contribution is -1.86. The van der Waals surface area contributed by atoms with E-state index in [2.05, 4.69) is 6.07 Å². The van der Waals surface area contributed by atoms with E-state index in [1.165, 1.54) is 12.1 Å². The van der Waals surface area contributed by atoms with E-state index in [4.69, 9.17) is 23.2 Å². The molecule has 0 unspecified atom stereocenters. The first-order valence-corrected chi connectivity index (χ1v) is 3.38. The van der Waals surface area contributed by atoms with Crippen LogP contribution in [0, 0.1) is 16.2 Å². The Morgan fingerprint density at radius 2 is 1.82 bits per heavy atom. The van der Waals surface area contributed by atoms with Crippen LogP contribution in [0.3, 0.4) is 0 Å². The minimum atomic E-state index is -0.564. The van der Waals surface area contributed by atoms with Gasteiger partial charge in [0.15, 0.2) is 0 Å². The van der Waals surface area contributed by atoms with Crippen LogP contribution in [0.25, 0.3) is 0 Å². The fourth-order valence-electron chi connectivity index (χ4n) is 0.593. The molecule has 0 aliphatic rings. The monoisotopic (exact) mass is 190 g/mol. The number of hydrogen-bond donors (Lipinski definition) is 0. The third kappa shape index (κ3) is 2.06. The van der Waals surface area contributed by atoms with E-state index in [1.807, 2.05) is 0 Å². The van der Waals surface area contributed by atoms with E-state index >= 15 is 0 Å². The van der Waals surface area contributed by atoms with Gasteiger partial charge in [0.1, 0.15) is 0 Å². The molecule has 0 aliphatic heterocycles. The fourth-order valence-corrected chi connectivity index (χ4v) is 1.07. The third-order valence-corrected chi connectivity index (χ3v) is 1.41. The van der Waals surface area contributed by atoms with Crippen LogP contribution in [-0.2, 0) is 0 Å². The van der Waals surface area contributed by atoms with Gasteiger partial charge >= 0.3 is 0 Å². The topological polar surface area (TPSA) is 43.1 Å². The van der Waals surface area contributed by atoms with Gasteiger partial charge in [-0.15, -0.1) is 0 Å². The number of halogens is 2. The third-order valence-electron chi connectivity index (χ3n) is 0.999. The van der Waals surface area contributed by atoms with Gasteiger partial charge in [0, 0.05) is 18.2 Å². The SMILES string of the molecule is O=[N+]([O-])c1cc(Cl)[c]c(Cl)c1.